The number of likely N-dealkylation sites (tertiary alicyclic amines) is 1. The summed E-state index contributed by atoms with van der Waals surface area (Å²) in [5.41, 5.74) is -1.88. The third kappa shape index (κ3) is 3.55. The fourth-order valence-electron chi connectivity index (χ4n) is 2.95. The second kappa shape index (κ2) is 6.73. The fraction of sp³-hybridized carbons (Fsp3) is 0.600. The standard InChI is InChI=1S/C15H21F3NO2P/c1-21-13-11(3-2-4-12(13)15(16,17)18)14(20)5-7-19(8-6-14)9-10-22/h2-4,20H,5-10,22H2,1H3. The minimum atomic E-state index is -4.50. The zero-order chi connectivity index (χ0) is 16.4. The van der Waals surface area contributed by atoms with Gasteiger partial charge in [0.1, 0.15) is 5.75 Å². The summed E-state index contributed by atoms with van der Waals surface area (Å²) < 4.78 is 44.3. The molecule has 1 N–H and O–H groups in total. The van der Waals surface area contributed by atoms with Gasteiger partial charge in [0.15, 0.2) is 0 Å². The number of para-hydroxylation sites is 1. The largest absolute Gasteiger partial charge is 0.496 e. The first-order valence-electron chi connectivity index (χ1n) is 7.21. The summed E-state index contributed by atoms with van der Waals surface area (Å²) in [4.78, 5) is 2.20. The molecule has 1 aromatic carbocycles. The van der Waals surface area contributed by atoms with Crippen LogP contribution in [0.25, 0.3) is 0 Å². The summed E-state index contributed by atoms with van der Waals surface area (Å²) >= 11 is 0. The van der Waals surface area contributed by atoms with E-state index in [9.17, 15) is 18.3 Å². The minimum absolute atomic E-state index is 0.232. The quantitative estimate of drug-likeness (QED) is 0.859. The molecule has 0 spiro atoms. The van der Waals surface area contributed by atoms with Gasteiger partial charge < -0.3 is 14.7 Å². The maximum absolute atomic E-state index is 13.1. The smallest absolute Gasteiger partial charge is 0.419 e. The van der Waals surface area contributed by atoms with E-state index in [0.29, 0.717) is 25.9 Å². The Morgan fingerprint density at radius 3 is 2.45 bits per heavy atom. The van der Waals surface area contributed by atoms with Crippen molar-refractivity contribution in [3.8, 4) is 5.75 Å². The second-order valence-electron chi connectivity index (χ2n) is 5.55. The maximum atomic E-state index is 13.1. The molecule has 7 heteroatoms. The minimum Gasteiger partial charge on any atom is -0.496 e. The average Bonchev–Trinajstić information content (AvgIpc) is 2.48. The van der Waals surface area contributed by atoms with Crippen LogP contribution >= 0.6 is 9.24 Å². The number of hydrogen-bond donors (Lipinski definition) is 1. The van der Waals surface area contributed by atoms with Gasteiger partial charge in [-0.2, -0.15) is 13.2 Å². The number of piperidine rings is 1. The number of ether oxygens (including phenoxy) is 1. The Hall–Kier alpha value is -0.840. The normalized spacial score (nSPS) is 19.2. The molecule has 1 fully saturated rings. The molecule has 1 aliphatic heterocycles. The van der Waals surface area contributed by atoms with Crippen molar-refractivity contribution in [3.05, 3.63) is 29.3 Å². The SMILES string of the molecule is COc1c(C(F)(F)F)cccc1C1(O)CCN(CCP)CC1. The first-order valence-corrected chi connectivity index (χ1v) is 8.03. The molecule has 2 rings (SSSR count). The maximum Gasteiger partial charge on any atom is 0.419 e. The Morgan fingerprint density at radius 1 is 1.32 bits per heavy atom. The molecule has 0 aliphatic carbocycles. The van der Waals surface area contributed by atoms with Crippen molar-refractivity contribution in [2.45, 2.75) is 24.6 Å². The van der Waals surface area contributed by atoms with Crippen molar-refractivity contribution in [2.75, 3.05) is 32.9 Å². The van der Waals surface area contributed by atoms with Crippen LogP contribution in [0.5, 0.6) is 5.75 Å². The number of rotatable bonds is 4. The average molecular weight is 335 g/mol. The Kier molecular flexibility index (Phi) is 5.36. The first-order chi connectivity index (χ1) is 10.3. The van der Waals surface area contributed by atoms with Crippen LogP contribution in [0.15, 0.2) is 18.2 Å². The molecule has 0 saturated carbocycles. The van der Waals surface area contributed by atoms with Crippen molar-refractivity contribution in [3.63, 3.8) is 0 Å². The van der Waals surface area contributed by atoms with Gasteiger partial charge >= 0.3 is 6.18 Å². The van der Waals surface area contributed by atoms with E-state index < -0.39 is 17.3 Å². The number of alkyl halides is 3. The van der Waals surface area contributed by atoms with E-state index in [1.807, 2.05) is 0 Å². The second-order valence-corrected chi connectivity index (χ2v) is 6.12. The van der Waals surface area contributed by atoms with Crippen LogP contribution in [-0.2, 0) is 11.8 Å². The molecular weight excluding hydrogens is 314 g/mol. The monoisotopic (exact) mass is 335 g/mol. The van der Waals surface area contributed by atoms with Gasteiger partial charge in [-0.1, -0.05) is 12.1 Å². The number of nitrogens with zero attached hydrogens (tertiary/aromatic N) is 1. The van der Waals surface area contributed by atoms with Gasteiger partial charge in [0, 0.05) is 25.2 Å². The molecule has 3 nitrogen and oxygen atoms in total. The molecule has 0 radical (unpaired) electrons. The van der Waals surface area contributed by atoms with Crippen molar-refractivity contribution in [2.24, 2.45) is 0 Å². The van der Waals surface area contributed by atoms with Crippen molar-refractivity contribution in [1.82, 2.24) is 4.90 Å². The lowest BCUT2D eigenvalue weighted by atomic mass is 9.83. The van der Waals surface area contributed by atoms with Gasteiger partial charge in [-0.3, -0.25) is 0 Å². The highest BCUT2D eigenvalue weighted by atomic mass is 31.0. The van der Waals surface area contributed by atoms with Crippen LogP contribution in [-0.4, -0.2) is 42.9 Å². The Balaban J connectivity index is 2.33. The van der Waals surface area contributed by atoms with E-state index in [-0.39, 0.29) is 11.3 Å². The van der Waals surface area contributed by atoms with Crippen molar-refractivity contribution < 1.29 is 23.0 Å². The molecular formula is C15H21F3NO2P. The van der Waals surface area contributed by atoms with Crippen LogP contribution in [0.3, 0.4) is 0 Å². The lowest BCUT2D eigenvalue weighted by molar-refractivity contribution is -0.139. The molecule has 1 saturated heterocycles. The summed E-state index contributed by atoms with van der Waals surface area (Å²) in [5, 5.41) is 10.9. The van der Waals surface area contributed by atoms with Gasteiger partial charge in [0.25, 0.3) is 0 Å². The van der Waals surface area contributed by atoms with Crippen LogP contribution in [0, 0.1) is 0 Å². The molecule has 1 aromatic rings. The zero-order valence-corrected chi connectivity index (χ0v) is 13.6. The molecule has 0 bridgehead atoms. The molecule has 1 atom stereocenters. The summed E-state index contributed by atoms with van der Waals surface area (Å²) in [6.07, 6.45) is -2.77. The summed E-state index contributed by atoms with van der Waals surface area (Å²) in [6.45, 7) is 2.22. The van der Waals surface area contributed by atoms with Crippen LogP contribution in [0.1, 0.15) is 24.0 Å². The summed E-state index contributed by atoms with van der Waals surface area (Å²) in [5.74, 6) is -0.267. The van der Waals surface area contributed by atoms with Crippen LogP contribution in [0.2, 0.25) is 0 Å². The Morgan fingerprint density at radius 2 is 1.95 bits per heavy atom. The van der Waals surface area contributed by atoms with E-state index in [2.05, 4.69) is 14.1 Å². The number of methoxy groups -OCH3 is 1. The van der Waals surface area contributed by atoms with Gasteiger partial charge in [0.2, 0.25) is 0 Å². The van der Waals surface area contributed by atoms with Gasteiger partial charge in [-0.25, -0.2) is 0 Å². The first kappa shape index (κ1) is 17.5. The number of halogens is 3. The summed E-state index contributed by atoms with van der Waals surface area (Å²) in [7, 11) is 3.86. The third-order valence-electron chi connectivity index (χ3n) is 4.15. The van der Waals surface area contributed by atoms with E-state index >= 15 is 0 Å². The lowest BCUT2D eigenvalue weighted by Gasteiger charge is -2.39. The predicted octanol–water partition coefficient (Wildman–Crippen LogP) is 2.87. The van der Waals surface area contributed by atoms with Gasteiger partial charge in [-0.05, 0) is 25.1 Å². The van der Waals surface area contributed by atoms with E-state index in [4.69, 9.17) is 4.74 Å². The zero-order valence-electron chi connectivity index (χ0n) is 12.5. The molecule has 22 heavy (non-hydrogen) atoms. The number of hydrogen-bond acceptors (Lipinski definition) is 3. The van der Waals surface area contributed by atoms with E-state index in [0.717, 1.165) is 18.8 Å². The molecule has 0 aromatic heterocycles. The number of aliphatic hydroxyl groups is 1. The van der Waals surface area contributed by atoms with Crippen LogP contribution in [0.4, 0.5) is 13.2 Å². The van der Waals surface area contributed by atoms with E-state index in [1.165, 1.54) is 19.2 Å². The molecule has 124 valence electrons. The lowest BCUT2D eigenvalue weighted by Crippen LogP contribution is -2.43. The Bertz CT molecular complexity index is 514. The fourth-order valence-corrected chi connectivity index (χ4v) is 3.31. The van der Waals surface area contributed by atoms with Crippen LogP contribution < -0.4 is 4.74 Å². The van der Waals surface area contributed by atoms with Crippen molar-refractivity contribution >= 4 is 9.24 Å². The Labute approximate surface area is 130 Å². The molecule has 1 unspecified atom stereocenters. The highest BCUT2D eigenvalue weighted by molar-refractivity contribution is 7.16. The van der Waals surface area contributed by atoms with Gasteiger partial charge in [0.05, 0.1) is 18.3 Å². The predicted molar refractivity (Wildman–Crippen MR) is 82.1 cm³/mol. The van der Waals surface area contributed by atoms with Gasteiger partial charge in [-0.15, -0.1) is 9.24 Å². The topological polar surface area (TPSA) is 32.7 Å². The van der Waals surface area contributed by atoms with E-state index in [1.54, 1.807) is 0 Å². The third-order valence-corrected chi connectivity index (χ3v) is 4.41. The highest BCUT2D eigenvalue weighted by Gasteiger charge is 2.41. The molecule has 0 amide bonds. The van der Waals surface area contributed by atoms with Crippen molar-refractivity contribution in [1.29, 1.82) is 0 Å². The molecule has 1 aliphatic rings. The molecule has 1 heterocycles. The summed E-state index contributed by atoms with van der Waals surface area (Å²) in [6, 6.07) is 3.84. The number of benzene rings is 1. The highest BCUT2D eigenvalue weighted by Crippen LogP contribution is 2.44.